The van der Waals surface area contributed by atoms with Crippen LogP contribution in [0.25, 0.3) is 10.8 Å². The third-order valence-corrected chi connectivity index (χ3v) is 14.8. The van der Waals surface area contributed by atoms with Crippen molar-refractivity contribution in [3.05, 3.63) is 77.9 Å². The molecule has 3 aromatic rings. The Bertz CT molecular complexity index is 2860. The maximum atomic E-state index is 14.6. The van der Waals surface area contributed by atoms with Crippen LogP contribution < -0.4 is 31.9 Å². The molecule has 1 heterocycles. The van der Waals surface area contributed by atoms with E-state index in [1.165, 1.54) is 39.0 Å². The van der Waals surface area contributed by atoms with E-state index in [1.807, 2.05) is 30.3 Å². The highest BCUT2D eigenvalue weighted by atomic mass is 16.4. The summed E-state index contributed by atoms with van der Waals surface area (Å²) in [5.41, 5.74) is 1.02. The number of carbonyl (C=O) groups is 12. The van der Waals surface area contributed by atoms with Crippen molar-refractivity contribution >= 4 is 82.0 Å². The van der Waals surface area contributed by atoms with Crippen molar-refractivity contribution in [1.29, 1.82) is 0 Å². The number of hydrogen-bond donors (Lipinski definition) is 13. The number of phenols is 1. The number of hydrogen-bond acceptors (Lipinski definition) is 17. The molecule has 89 heavy (non-hydrogen) atoms. The Morgan fingerprint density at radius 1 is 0.438 bits per heavy atom. The molecule has 29 nitrogen and oxygen atoms in total. The maximum Gasteiger partial charge on any atom is 0.326 e. The number of benzene rings is 3. The summed E-state index contributed by atoms with van der Waals surface area (Å²) in [6.07, 6.45) is -0.104. The van der Waals surface area contributed by atoms with Crippen molar-refractivity contribution in [3.8, 4) is 5.75 Å². The van der Waals surface area contributed by atoms with Gasteiger partial charge in [-0.25, -0.2) is 9.59 Å². The number of carboxylic acid groups (broad SMARTS) is 6. The molecule has 0 radical (unpaired) electrons. The second-order valence-corrected chi connectivity index (χ2v) is 21.8. The molecule has 1 aliphatic rings. The molecule has 29 heteroatoms. The summed E-state index contributed by atoms with van der Waals surface area (Å²) in [7, 11) is 0. The molecule has 0 bridgehead atoms. The Labute approximate surface area is 514 Å². The molecule has 4 rings (SSSR count). The monoisotopic (exact) mass is 1250 g/mol. The van der Waals surface area contributed by atoms with Crippen LogP contribution in [0.5, 0.6) is 5.75 Å². The molecule has 0 saturated carbocycles. The standard InChI is InChI=1S/C60H84N10O19/c1-2-8-51(74)63-44(58(84)85)12-7-24-62-50(73)22-21-49(72)61-23-6-5-11-45(59(86)87)65-57(83)47(35-40-13-16-41-9-3-4-10-42(41)33-40)66-56(82)46(34-39-14-17-43(71)18-15-39)64-52(75)20-19-48(60(88)89)70-31-29-68(37-54(78)79)27-25-67(36-53(76)77)26-28-69(30-32-70)38-55(80)81/h3-4,9-10,13-18,33,44-48,71H,2,5-8,11-12,19-32,34-38H2,1H3,(H,61,72)(H,62,73)(H,63,74)(H,64,75)(H,65,83)(H,66,82)(H,76,77)(H,78,79)(H,80,81)(H,84,85)(H,86,87)(H,88,89)/t44-,45+,46+,47+,48?/m0/s1. The first kappa shape index (κ1) is 72.7. The van der Waals surface area contributed by atoms with Gasteiger partial charge in [-0.2, -0.15) is 0 Å². The molecule has 1 aliphatic heterocycles. The van der Waals surface area contributed by atoms with Gasteiger partial charge < -0.3 is 67.6 Å². The lowest BCUT2D eigenvalue weighted by molar-refractivity contribution is -0.145. The number of fused-ring (bicyclic) bond motifs is 1. The van der Waals surface area contributed by atoms with E-state index in [4.69, 9.17) is 0 Å². The zero-order valence-electron chi connectivity index (χ0n) is 49.9. The van der Waals surface area contributed by atoms with Crippen LogP contribution in [0.4, 0.5) is 0 Å². The smallest absolute Gasteiger partial charge is 0.326 e. The van der Waals surface area contributed by atoms with Crippen LogP contribution in [0.3, 0.4) is 0 Å². The summed E-state index contributed by atoms with van der Waals surface area (Å²) in [5, 5.41) is 86.5. The summed E-state index contributed by atoms with van der Waals surface area (Å²) < 4.78 is 0. The van der Waals surface area contributed by atoms with E-state index in [0.29, 0.717) is 17.5 Å². The first-order chi connectivity index (χ1) is 42.4. The molecule has 6 amide bonds. The second kappa shape index (κ2) is 38.5. The van der Waals surface area contributed by atoms with Crippen LogP contribution in [-0.4, -0.2) is 242 Å². The van der Waals surface area contributed by atoms with Gasteiger partial charge >= 0.3 is 35.8 Å². The Kier molecular flexibility index (Phi) is 31.4. The van der Waals surface area contributed by atoms with E-state index < -0.39 is 115 Å². The highest BCUT2D eigenvalue weighted by Gasteiger charge is 2.33. The van der Waals surface area contributed by atoms with E-state index in [0.717, 1.165) is 10.8 Å². The number of carboxylic acids is 6. The van der Waals surface area contributed by atoms with Crippen LogP contribution >= 0.6 is 0 Å². The van der Waals surface area contributed by atoms with Crippen LogP contribution in [-0.2, 0) is 70.4 Å². The van der Waals surface area contributed by atoms with Crippen LogP contribution in [0.15, 0.2) is 66.7 Å². The molecular weight excluding hydrogens is 1160 g/mol. The van der Waals surface area contributed by atoms with Gasteiger partial charge in [0.25, 0.3) is 0 Å². The van der Waals surface area contributed by atoms with Crippen molar-refractivity contribution in [3.63, 3.8) is 0 Å². The quantitative estimate of drug-likeness (QED) is 0.0336. The lowest BCUT2D eigenvalue weighted by atomic mass is 9.99. The fourth-order valence-electron chi connectivity index (χ4n) is 9.99. The predicted octanol–water partition coefficient (Wildman–Crippen LogP) is -0.0890. The van der Waals surface area contributed by atoms with Crippen molar-refractivity contribution < 1.29 is 93.3 Å². The average Bonchev–Trinajstić information content (AvgIpc) is 2.42. The Morgan fingerprint density at radius 2 is 0.876 bits per heavy atom. The molecule has 0 aliphatic carbocycles. The Balaban J connectivity index is 1.46. The average molecular weight is 1250 g/mol. The number of amides is 6. The third-order valence-electron chi connectivity index (χ3n) is 14.8. The first-order valence-corrected chi connectivity index (χ1v) is 29.6. The SMILES string of the molecule is CCCC(=O)N[C@@H](CCCNC(=O)CCC(=O)NCCCC[C@@H](NC(=O)[C@@H](Cc1ccc2ccccc2c1)NC(=O)[C@@H](Cc1ccc(O)cc1)NC(=O)CCC(C(=O)O)N1CCN(CC(=O)O)CCN(CC(=O)O)CCN(CC(=O)O)CC1)C(=O)O)C(=O)O. The molecule has 13 N–H and O–H groups in total. The van der Waals surface area contributed by atoms with E-state index in [9.17, 15) is 93.3 Å². The summed E-state index contributed by atoms with van der Waals surface area (Å²) >= 11 is 0. The summed E-state index contributed by atoms with van der Waals surface area (Å²) in [4.78, 5) is 158. The van der Waals surface area contributed by atoms with Gasteiger partial charge in [0.1, 0.15) is 36.0 Å². The zero-order chi connectivity index (χ0) is 65.4. The van der Waals surface area contributed by atoms with Gasteiger partial charge in [-0.15, -0.1) is 0 Å². The van der Waals surface area contributed by atoms with Crippen molar-refractivity contribution in [2.45, 2.75) is 121 Å². The number of nitrogens with zero attached hydrogens (tertiary/aromatic N) is 4. The summed E-state index contributed by atoms with van der Waals surface area (Å²) in [6.45, 7) is 0.945. The van der Waals surface area contributed by atoms with Gasteiger partial charge in [0, 0.05) is 104 Å². The van der Waals surface area contributed by atoms with Crippen molar-refractivity contribution in [2.75, 3.05) is 85.1 Å². The number of phenolic OH excluding ortho intramolecular Hbond substituents is 1. The van der Waals surface area contributed by atoms with Crippen molar-refractivity contribution in [1.82, 2.24) is 51.5 Å². The number of aliphatic carboxylic acids is 6. The van der Waals surface area contributed by atoms with E-state index in [-0.39, 0.29) is 154 Å². The lowest BCUT2D eigenvalue weighted by Crippen LogP contribution is -2.57. The minimum Gasteiger partial charge on any atom is -0.508 e. The molecule has 1 unspecified atom stereocenters. The molecular formula is C60H84N10O19. The Hall–Kier alpha value is -8.80. The van der Waals surface area contributed by atoms with E-state index >= 15 is 0 Å². The van der Waals surface area contributed by atoms with E-state index in [1.54, 1.807) is 24.0 Å². The first-order valence-electron chi connectivity index (χ1n) is 29.6. The van der Waals surface area contributed by atoms with Gasteiger partial charge in [-0.1, -0.05) is 61.5 Å². The van der Waals surface area contributed by atoms with Gasteiger partial charge in [-0.05, 0) is 79.0 Å². The zero-order valence-corrected chi connectivity index (χ0v) is 49.9. The fourth-order valence-corrected chi connectivity index (χ4v) is 9.99. The second-order valence-electron chi connectivity index (χ2n) is 21.8. The topological polar surface area (TPSA) is 432 Å². The number of unbranched alkanes of at least 4 members (excludes halogenated alkanes) is 1. The van der Waals surface area contributed by atoms with Crippen LogP contribution in [0.1, 0.15) is 88.7 Å². The number of carbonyl (C=O) groups excluding carboxylic acids is 6. The molecule has 0 aromatic heterocycles. The molecule has 3 aromatic carbocycles. The fraction of sp³-hybridized carbons (Fsp3) is 0.533. The summed E-state index contributed by atoms with van der Waals surface area (Å²) in [5.74, 6) is -11.4. The normalized spacial score (nSPS) is 15.5. The molecule has 1 saturated heterocycles. The minimum absolute atomic E-state index is 0.00258. The molecule has 488 valence electrons. The Morgan fingerprint density at radius 3 is 1.39 bits per heavy atom. The highest BCUT2D eigenvalue weighted by molar-refractivity contribution is 5.94. The van der Waals surface area contributed by atoms with Crippen molar-refractivity contribution in [2.24, 2.45) is 0 Å². The largest absolute Gasteiger partial charge is 0.508 e. The van der Waals surface area contributed by atoms with Gasteiger partial charge in [0.15, 0.2) is 0 Å². The number of aromatic hydroxyl groups is 1. The summed E-state index contributed by atoms with van der Waals surface area (Å²) in [6, 6.07) is 11.5. The van der Waals surface area contributed by atoms with Gasteiger partial charge in [0.05, 0.1) is 19.6 Å². The number of nitrogens with one attached hydrogen (secondary N) is 6. The molecule has 5 atom stereocenters. The highest BCUT2D eigenvalue weighted by Crippen LogP contribution is 2.19. The maximum absolute atomic E-state index is 14.6. The van der Waals surface area contributed by atoms with Crippen LogP contribution in [0.2, 0.25) is 0 Å². The number of rotatable bonds is 37. The third kappa shape index (κ3) is 28.3. The minimum atomic E-state index is -1.48. The van der Waals surface area contributed by atoms with Gasteiger partial charge in [-0.3, -0.25) is 67.5 Å². The molecule has 1 fully saturated rings. The van der Waals surface area contributed by atoms with E-state index in [2.05, 4.69) is 31.9 Å². The van der Waals surface area contributed by atoms with Gasteiger partial charge in [0.2, 0.25) is 35.4 Å². The predicted molar refractivity (Wildman–Crippen MR) is 320 cm³/mol. The van der Waals surface area contributed by atoms with Crippen LogP contribution in [0, 0.1) is 0 Å². The molecule has 0 spiro atoms. The lowest BCUT2D eigenvalue weighted by Gasteiger charge is -2.35.